The van der Waals surface area contributed by atoms with Crippen LogP contribution >= 0.6 is 11.3 Å². The zero-order chi connectivity index (χ0) is 15.1. The fourth-order valence-corrected chi connectivity index (χ4v) is 3.03. The van der Waals surface area contributed by atoms with Crippen molar-refractivity contribution < 1.29 is 9.47 Å². The molecule has 0 aliphatic rings. The van der Waals surface area contributed by atoms with E-state index in [-0.39, 0.29) is 0 Å². The molecular weight excluding hydrogens is 282 g/mol. The third-order valence-electron chi connectivity index (χ3n) is 3.27. The van der Waals surface area contributed by atoms with E-state index in [4.69, 9.17) is 9.47 Å². The van der Waals surface area contributed by atoms with E-state index in [9.17, 15) is 0 Å². The Balaban J connectivity index is 1.90. The first kappa shape index (κ1) is 15.9. The zero-order valence-corrected chi connectivity index (χ0v) is 13.7. The SMILES string of the molecule is CCOc1ccc(CNC(C)Cc2cccs2)cc1OC. The van der Waals surface area contributed by atoms with E-state index in [2.05, 4.69) is 35.8 Å². The second kappa shape index (κ2) is 8.05. The quantitative estimate of drug-likeness (QED) is 0.803. The Bertz CT molecular complexity index is 540. The number of nitrogens with one attached hydrogen (secondary N) is 1. The summed E-state index contributed by atoms with van der Waals surface area (Å²) in [5.41, 5.74) is 1.20. The third kappa shape index (κ3) is 4.76. The van der Waals surface area contributed by atoms with Crippen molar-refractivity contribution in [3.05, 3.63) is 46.2 Å². The van der Waals surface area contributed by atoms with E-state index in [0.29, 0.717) is 12.6 Å². The fourth-order valence-electron chi connectivity index (χ4n) is 2.19. The van der Waals surface area contributed by atoms with Gasteiger partial charge in [-0.1, -0.05) is 12.1 Å². The number of hydrogen-bond donors (Lipinski definition) is 1. The summed E-state index contributed by atoms with van der Waals surface area (Å²) in [6.07, 6.45) is 1.06. The van der Waals surface area contributed by atoms with Crippen molar-refractivity contribution in [1.82, 2.24) is 5.32 Å². The normalized spacial score (nSPS) is 12.1. The van der Waals surface area contributed by atoms with Crippen LogP contribution in [0.5, 0.6) is 11.5 Å². The fraction of sp³-hybridized carbons (Fsp3) is 0.412. The Morgan fingerprint density at radius 3 is 2.76 bits per heavy atom. The second-order valence-corrected chi connectivity index (χ2v) is 6.02. The Morgan fingerprint density at radius 1 is 1.24 bits per heavy atom. The highest BCUT2D eigenvalue weighted by Crippen LogP contribution is 2.28. The molecule has 0 saturated heterocycles. The number of benzene rings is 1. The predicted octanol–water partition coefficient (Wildman–Crippen LogP) is 3.88. The molecule has 3 nitrogen and oxygen atoms in total. The van der Waals surface area contributed by atoms with Crippen LogP contribution in [0.4, 0.5) is 0 Å². The summed E-state index contributed by atoms with van der Waals surface area (Å²) in [6, 6.07) is 10.8. The first-order valence-corrected chi connectivity index (χ1v) is 8.16. The van der Waals surface area contributed by atoms with E-state index < -0.39 is 0 Å². The maximum Gasteiger partial charge on any atom is 0.161 e. The molecule has 4 heteroatoms. The molecular formula is C17H23NO2S. The Morgan fingerprint density at radius 2 is 2.10 bits per heavy atom. The molecule has 1 aromatic carbocycles. The minimum Gasteiger partial charge on any atom is -0.493 e. The first-order chi connectivity index (χ1) is 10.2. The minimum absolute atomic E-state index is 0.446. The minimum atomic E-state index is 0.446. The van der Waals surface area contributed by atoms with Crippen LogP contribution < -0.4 is 14.8 Å². The molecule has 0 aliphatic heterocycles. The molecule has 0 spiro atoms. The van der Waals surface area contributed by atoms with E-state index in [1.54, 1.807) is 7.11 Å². The van der Waals surface area contributed by atoms with Gasteiger partial charge in [-0.25, -0.2) is 0 Å². The van der Waals surface area contributed by atoms with Gasteiger partial charge >= 0.3 is 0 Å². The van der Waals surface area contributed by atoms with Crippen molar-refractivity contribution in [3.63, 3.8) is 0 Å². The monoisotopic (exact) mass is 305 g/mol. The average Bonchev–Trinajstić information content (AvgIpc) is 2.99. The van der Waals surface area contributed by atoms with Gasteiger partial charge < -0.3 is 14.8 Å². The lowest BCUT2D eigenvalue weighted by Crippen LogP contribution is -2.27. The summed E-state index contributed by atoms with van der Waals surface area (Å²) in [7, 11) is 1.68. The van der Waals surface area contributed by atoms with Crippen LogP contribution in [0.3, 0.4) is 0 Å². The highest BCUT2D eigenvalue weighted by Gasteiger charge is 2.07. The van der Waals surface area contributed by atoms with E-state index in [1.165, 1.54) is 10.4 Å². The van der Waals surface area contributed by atoms with Gasteiger partial charge in [-0.3, -0.25) is 0 Å². The standard InChI is InChI=1S/C17H23NO2S/c1-4-20-16-8-7-14(11-17(16)19-3)12-18-13(2)10-15-6-5-9-21-15/h5-9,11,13,18H,4,10,12H2,1-3H3. The number of thiophene rings is 1. The lowest BCUT2D eigenvalue weighted by molar-refractivity contribution is 0.310. The van der Waals surface area contributed by atoms with Crippen LogP contribution in [0.15, 0.2) is 35.7 Å². The molecule has 2 rings (SSSR count). The van der Waals surface area contributed by atoms with Crippen molar-refractivity contribution >= 4 is 11.3 Å². The van der Waals surface area contributed by atoms with Crippen LogP contribution in [0, 0.1) is 0 Å². The van der Waals surface area contributed by atoms with Gasteiger partial charge in [-0.2, -0.15) is 0 Å². The Hall–Kier alpha value is -1.52. The third-order valence-corrected chi connectivity index (χ3v) is 4.17. The molecule has 1 aromatic heterocycles. The molecule has 0 radical (unpaired) electrons. The number of rotatable bonds is 8. The highest BCUT2D eigenvalue weighted by molar-refractivity contribution is 7.09. The smallest absolute Gasteiger partial charge is 0.161 e. The van der Waals surface area contributed by atoms with Crippen LogP contribution in [-0.4, -0.2) is 19.8 Å². The predicted molar refractivity (Wildman–Crippen MR) is 88.5 cm³/mol. The molecule has 2 aromatic rings. The summed E-state index contributed by atoms with van der Waals surface area (Å²) in [5.74, 6) is 1.59. The van der Waals surface area contributed by atoms with Gasteiger partial charge in [-0.15, -0.1) is 11.3 Å². The topological polar surface area (TPSA) is 30.5 Å². The first-order valence-electron chi connectivity index (χ1n) is 7.28. The van der Waals surface area contributed by atoms with Crippen LogP contribution in [-0.2, 0) is 13.0 Å². The van der Waals surface area contributed by atoms with Crippen molar-refractivity contribution in [1.29, 1.82) is 0 Å². The summed E-state index contributed by atoms with van der Waals surface area (Å²) < 4.78 is 10.9. The maximum atomic E-state index is 5.53. The van der Waals surface area contributed by atoms with Crippen LogP contribution in [0.1, 0.15) is 24.3 Å². The molecule has 1 heterocycles. The summed E-state index contributed by atoms with van der Waals surface area (Å²) in [4.78, 5) is 1.42. The van der Waals surface area contributed by atoms with Crippen LogP contribution in [0.2, 0.25) is 0 Å². The molecule has 0 amide bonds. The molecule has 1 atom stereocenters. The van der Waals surface area contributed by atoms with Gasteiger partial charge in [0, 0.05) is 17.5 Å². The molecule has 114 valence electrons. The summed E-state index contributed by atoms with van der Waals surface area (Å²) >= 11 is 1.81. The highest BCUT2D eigenvalue weighted by atomic mass is 32.1. The van der Waals surface area contributed by atoms with E-state index in [0.717, 1.165) is 24.5 Å². The summed E-state index contributed by atoms with van der Waals surface area (Å²) in [6.45, 7) is 5.66. The molecule has 0 aliphatic carbocycles. The van der Waals surface area contributed by atoms with Crippen molar-refractivity contribution in [3.8, 4) is 11.5 Å². The van der Waals surface area contributed by atoms with Gasteiger partial charge in [-0.05, 0) is 49.4 Å². The van der Waals surface area contributed by atoms with Gasteiger partial charge in [0.15, 0.2) is 11.5 Å². The van der Waals surface area contributed by atoms with Gasteiger partial charge in [0.05, 0.1) is 13.7 Å². The molecule has 0 saturated carbocycles. The molecule has 1 unspecified atom stereocenters. The summed E-state index contributed by atoms with van der Waals surface area (Å²) in [5, 5.41) is 5.67. The Kier molecular flexibility index (Phi) is 6.08. The number of methoxy groups -OCH3 is 1. The van der Waals surface area contributed by atoms with Crippen molar-refractivity contribution in [2.24, 2.45) is 0 Å². The molecule has 0 fully saturated rings. The van der Waals surface area contributed by atoms with Crippen molar-refractivity contribution in [2.45, 2.75) is 32.9 Å². The average molecular weight is 305 g/mol. The maximum absolute atomic E-state index is 5.53. The lowest BCUT2D eigenvalue weighted by atomic mass is 10.1. The Labute approximate surface area is 130 Å². The molecule has 21 heavy (non-hydrogen) atoms. The van der Waals surface area contributed by atoms with Crippen LogP contribution in [0.25, 0.3) is 0 Å². The van der Waals surface area contributed by atoms with Gasteiger partial charge in [0.25, 0.3) is 0 Å². The van der Waals surface area contributed by atoms with Gasteiger partial charge in [0.1, 0.15) is 0 Å². The lowest BCUT2D eigenvalue weighted by Gasteiger charge is -2.15. The molecule has 1 N–H and O–H groups in total. The zero-order valence-electron chi connectivity index (χ0n) is 12.9. The number of ether oxygens (including phenoxy) is 2. The van der Waals surface area contributed by atoms with E-state index in [1.807, 2.05) is 30.4 Å². The van der Waals surface area contributed by atoms with Crippen molar-refractivity contribution in [2.75, 3.05) is 13.7 Å². The van der Waals surface area contributed by atoms with E-state index >= 15 is 0 Å². The second-order valence-electron chi connectivity index (χ2n) is 4.98. The number of hydrogen-bond acceptors (Lipinski definition) is 4. The molecule has 0 bridgehead atoms. The largest absolute Gasteiger partial charge is 0.493 e. The van der Waals surface area contributed by atoms with Gasteiger partial charge in [0.2, 0.25) is 0 Å².